The van der Waals surface area contributed by atoms with Gasteiger partial charge in [-0.2, -0.15) is 0 Å². The van der Waals surface area contributed by atoms with Crippen molar-refractivity contribution in [1.82, 2.24) is 19.5 Å². The minimum absolute atomic E-state index is 0.314. The molecule has 0 aliphatic rings. The van der Waals surface area contributed by atoms with Gasteiger partial charge >= 0.3 is 5.69 Å². The Morgan fingerprint density at radius 3 is 2.71 bits per heavy atom. The summed E-state index contributed by atoms with van der Waals surface area (Å²) in [6.45, 7) is 4.23. The molecule has 21 heavy (non-hydrogen) atoms. The van der Waals surface area contributed by atoms with Gasteiger partial charge in [-0.1, -0.05) is 15.9 Å². The van der Waals surface area contributed by atoms with Crippen LogP contribution >= 0.6 is 15.9 Å². The van der Waals surface area contributed by atoms with Crippen LogP contribution in [-0.4, -0.2) is 19.5 Å². The number of H-pyrrole nitrogens is 2. The van der Waals surface area contributed by atoms with Crippen LogP contribution < -0.4 is 11.2 Å². The highest BCUT2D eigenvalue weighted by atomic mass is 79.9. The number of aryl methyl sites for hydroxylation is 2. The van der Waals surface area contributed by atoms with Gasteiger partial charge < -0.3 is 4.98 Å². The molecule has 6 nitrogen and oxygen atoms in total. The predicted octanol–water partition coefficient (Wildman–Crippen LogP) is 2.17. The number of rotatable bonds is 2. The average Bonchev–Trinajstić information content (AvgIpc) is 2.84. The fourth-order valence-electron chi connectivity index (χ4n) is 2.35. The van der Waals surface area contributed by atoms with Crippen molar-refractivity contribution in [3.05, 3.63) is 49.1 Å². The molecule has 0 aliphatic carbocycles. The summed E-state index contributed by atoms with van der Waals surface area (Å²) in [5.74, 6) is 0.577. The lowest BCUT2D eigenvalue weighted by atomic mass is 10.1. The van der Waals surface area contributed by atoms with Crippen molar-refractivity contribution in [2.24, 2.45) is 0 Å². The zero-order valence-electron chi connectivity index (χ0n) is 11.5. The molecule has 0 saturated carbocycles. The third-order valence-corrected chi connectivity index (χ3v) is 3.89. The van der Waals surface area contributed by atoms with Crippen LogP contribution in [0.2, 0.25) is 0 Å². The Morgan fingerprint density at radius 1 is 1.29 bits per heavy atom. The van der Waals surface area contributed by atoms with E-state index in [0.717, 1.165) is 15.6 Å². The summed E-state index contributed by atoms with van der Waals surface area (Å²) in [6.07, 6.45) is 0. The second-order valence-corrected chi connectivity index (χ2v) is 5.66. The zero-order valence-corrected chi connectivity index (χ0v) is 13.1. The molecule has 0 bridgehead atoms. The number of hydrogen-bond acceptors (Lipinski definition) is 3. The Hall–Kier alpha value is -2.15. The monoisotopic (exact) mass is 348 g/mol. The van der Waals surface area contributed by atoms with E-state index in [9.17, 15) is 9.59 Å². The fourth-order valence-corrected chi connectivity index (χ4v) is 2.83. The summed E-state index contributed by atoms with van der Waals surface area (Å²) < 4.78 is 2.41. The zero-order chi connectivity index (χ0) is 15.1. The van der Waals surface area contributed by atoms with Crippen molar-refractivity contribution >= 4 is 27.1 Å². The van der Waals surface area contributed by atoms with Crippen molar-refractivity contribution < 1.29 is 0 Å². The molecule has 1 aromatic carbocycles. The molecule has 3 aromatic rings. The van der Waals surface area contributed by atoms with Crippen molar-refractivity contribution in [1.29, 1.82) is 0 Å². The third kappa shape index (κ3) is 2.23. The van der Waals surface area contributed by atoms with Gasteiger partial charge in [0.1, 0.15) is 11.3 Å². The Kier molecular flexibility index (Phi) is 3.29. The quantitative estimate of drug-likeness (QED) is 0.744. The van der Waals surface area contributed by atoms with Crippen LogP contribution in [0.15, 0.2) is 32.3 Å². The van der Waals surface area contributed by atoms with E-state index in [-0.39, 0.29) is 0 Å². The molecule has 0 atom stereocenters. The van der Waals surface area contributed by atoms with E-state index in [2.05, 4.69) is 30.9 Å². The van der Waals surface area contributed by atoms with Crippen LogP contribution in [0, 0.1) is 6.92 Å². The lowest BCUT2D eigenvalue weighted by Crippen LogP contribution is -2.29. The number of hydrogen-bond donors (Lipinski definition) is 2. The van der Waals surface area contributed by atoms with E-state index in [0.29, 0.717) is 23.5 Å². The molecule has 2 aromatic heterocycles. The van der Waals surface area contributed by atoms with Gasteiger partial charge in [-0.05, 0) is 37.6 Å². The van der Waals surface area contributed by atoms with Crippen molar-refractivity contribution in [2.75, 3.05) is 0 Å². The minimum atomic E-state index is -0.451. The van der Waals surface area contributed by atoms with Gasteiger partial charge in [-0.3, -0.25) is 14.3 Å². The summed E-state index contributed by atoms with van der Waals surface area (Å²) >= 11 is 3.42. The largest absolute Gasteiger partial charge is 0.332 e. The smallest absolute Gasteiger partial charge is 0.330 e. The van der Waals surface area contributed by atoms with Gasteiger partial charge in [-0.15, -0.1) is 0 Å². The number of nitrogens with zero attached hydrogens (tertiary/aromatic N) is 2. The van der Waals surface area contributed by atoms with Gasteiger partial charge in [0.15, 0.2) is 5.65 Å². The molecule has 108 valence electrons. The standard InChI is InChI=1S/C14H13BrN4O2/c1-3-19-12-10(13(20)18-14(19)21)16-11(17-12)9-5-4-8(15)6-7(9)2/h4-6H,3H2,1-2H3,(H,16,17)(H,18,20,21). The summed E-state index contributed by atoms with van der Waals surface area (Å²) in [6, 6.07) is 5.80. The van der Waals surface area contributed by atoms with Crippen LogP contribution in [0.25, 0.3) is 22.6 Å². The van der Waals surface area contributed by atoms with E-state index in [1.54, 1.807) is 0 Å². The maximum absolute atomic E-state index is 11.9. The molecule has 0 spiro atoms. The van der Waals surface area contributed by atoms with E-state index in [1.165, 1.54) is 4.57 Å². The van der Waals surface area contributed by atoms with Gasteiger partial charge in [-0.25, -0.2) is 9.78 Å². The third-order valence-electron chi connectivity index (χ3n) is 3.39. The number of benzene rings is 1. The Bertz CT molecular complexity index is 952. The van der Waals surface area contributed by atoms with E-state index < -0.39 is 11.2 Å². The molecule has 2 N–H and O–H groups in total. The molecule has 0 aliphatic heterocycles. The molecule has 0 fully saturated rings. The Balaban J connectivity index is 2.33. The highest BCUT2D eigenvalue weighted by Crippen LogP contribution is 2.24. The fraction of sp³-hybridized carbons (Fsp3) is 0.214. The van der Waals surface area contributed by atoms with Crippen molar-refractivity contribution in [2.45, 2.75) is 20.4 Å². The average molecular weight is 349 g/mol. The SMILES string of the molecule is CCn1c(=O)[nH]c(=O)c2[nH]c(-c3ccc(Br)cc3C)nc21. The van der Waals surface area contributed by atoms with Gasteiger partial charge in [0.05, 0.1) is 0 Å². The second kappa shape index (κ2) is 5.00. The van der Waals surface area contributed by atoms with Crippen LogP contribution in [0.5, 0.6) is 0 Å². The maximum atomic E-state index is 11.9. The molecule has 3 rings (SSSR count). The summed E-state index contributed by atoms with van der Waals surface area (Å²) in [5.41, 5.74) is 1.71. The van der Waals surface area contributed by atoms with E-state index >= 15 is 0 Å². The Morgan fingerprint density at radius 2 is 2.05 bits per heavy atom. The number of aromatic amines is 2. The normalized spacial score (nSPS) is 11.2. The Labute approximate surface area is 128 Å². The van der Waals surface area contributed by atoms with Crippen LogP contribution in [0.1, 0.15) is 12.5 Å². The molecule has 7 heteroatoms. The summed E-state index contributed by atoms with van der Waals surface area (Å²) in [4.78, 5) is 33.4. The van der Waals surface area contributed by atoms with Gasteiger partial charge in [0.2, 0.25) is 0 Å². The van der Waals surface area contributed by atoms with Crippen LogP contribution in [0.3, 0.4) is 0 Å². The van der Waals surface area contributed by atoms with E-state index in [1.807, 2.05) is 32.0 Å². The van der Waals surface area contributed by atoms with Crippen LogP contribution in [-0.2, 0) is 6.54 Å². The van der Waals surface area contributed by atoms with Crippen molar-refractivity contribution in [3.63, 3.8) is 0 Å². The highest BCUT2D eigenvalue weighted by Gasteiger charge is 2.14. The molecule has 0 saturated heterocycles. The lowest BCUT2D eigenvalue weighted by molar-refractivity contribution is 0.720. The van der Waals surface area contributed by atoms with Gasteiger partial charge in [0.25, 0.3) is 5.56 Å². The number of imidazole rings is 1. The number of aromatic nitrogens is 4. The molecular weight excluding hydrogens is 336 g/mol. The molecule has 0 unspecified atom stereocenters. The van der Waals surface area contributed by atoms with Gasteiger partial charge in [0, 0.05) is 16.6 Å². The first-order valence-electron chi connectivity index (χ1n) is 6.50. The molecule has 2 heterocycles. The minimum Gasteiger partial charge on any atom is -0.332 e. The predicted molar refractivity (Wildman–Crippen MR) is 84.5 cm³/mol. The van der Waals surface area contributed by atoms with E-state index in [4.69, 9.17) is 0 Å². The number of nitrogens with one attached hydrogen (secondary N) is 2. The second-order valence-electron chi connectivity index (χ2n) is 4.75. The first kappa shape index (κ1) is 13.8. The topological polar surface area (TPSA) is 83.5 Å². The highest BCUT2D eigenvalue weighted by molar-refractivity contribution is 9.10. The summed E-state index contributed by atoms with van der Waals surface area (Å²) in [5, 5.41) is 0. The first-order valence-corrected chi connectivity index (χ1v) is 7.30. The number of fused-ring (bicyclic) bond motifs is 1. The molecule has 0 radical (unpaired) electrons. The van der Waals surface area contributed by atoms with Crippen LogP contribution in [0.4, 0.5) is 0 Å². The maximum Gasteiger partial charge on any atom is 0.330 e. The summed E-state index contributed by atoms with van der Waals surface area (Å²) in [7, 11) is 0. The molecule has 0 amide bonds. The first-order chi connectivity index (χ1) is 10.0. The lowest BCUT2D eigenvalue weighted by Gasteiger charge is -2.02. The number of halogens is 1. The van der Waals surface area contributed by atoms with Crippen molar-refractivity contribution in [3.8, 4) is 11.4 Å². The molecular formula is C14H13BrN4O2.